The lowest BCUT2D eigenvalue weighted by atomic mass is 10.1. The molecule has 1 N–H and O–H groups in total. The molecule has 7 nitrogen and oxygen atoms in total. The van der Waals surface area contributed by atoms with Gasteiger partial charge < -0.3 is 24.1 Å². The first-order valence-electron chi connectivity index (χ1n) is 9.44. The first kappa shape index (κ1) is 21.0. The summed E-state index contributed by atoms with van der Waals surface area (Å²) in [7, 11) is 1.53. The third-order valence-corrected chi connectivity index (χ3v) is 4.97. The Morgan fingerprint density at radius 1 is 1.24 bits per heavy atom. The lowest BCUT2D eigenvalue weighted by molar-refractivity contribution is -0.0230. The number of carbonyl (C=O) groups is 2. The van der Waals surface area contributed by atoms with Gasteiger partial charge in [-0.3, -0.25) is 4.79 Å². The van der Waals surface area contributed by atoms with E-state index < -0.39 is 5.97 Å². The Bertz CT molecular complexity index is 878. The summed E-state index contributed by atoms with van der Waals surface area (Å²) in [6.45, 7) is 5.05. The molecule has 1 aromatic heterocycles. The Balaban J connectivity index is 1.75. The van der Waals surface area contributed by atoms with Crippen LogP contribution in [0, 0.1) is 19.7 Å². The molecule has 0 radical (unpaired) electrons. The first-order chi connectivity index (χ1) is 13.9. The number of hydrogen-bond acceptors (Lipinski definition) is 5. The van der Waals surface area contributed by atoms with E-state index in [-0.39, 0.29) is 24.4 Å². The highest BCUT2D eigenvalue weighted by molar-refractivity contribution is 6.00. The quantitative estimate of drug-likeness (QED) is 0.592. The number of aromatic nitrogens is 1. The van der Waals surface area contributed by atoms with E-state index in [1.807, 2.05) is 0 Å². The molecule has 8 heteroatoms. The van der Waals surface area contributed by atoms with E-state index in [9.17, 15) is 14.0 Å². The van der Waals surface area contributed by atoms with Crippen LogP contribution in [-0.2, 0) is 14.2 Å². The first-order valence-corrected chi connectivity index (χ1v) is 9.44. The largest absolute Gasteiger partial charge is 0.460 e. The van der Waals surface area contributed by atoms with E-state index in [1.54, 1.807) is 30.9 Å². The summed E-state index contributed by atoms with van der Waals surface area (Å²) in [5.74, 6) is -1.02. The van der Waals surface area contributed by atoms with Gasteiger partial charge in [-0.2, -0.15) is 0 Å². The molecule has 156 valence electrons. The number of carbonyl (C=O) groups excluding carboxylic acids is 2. The molecule has 0 bridgehead atoms. The summed E-state index contributed by atoms with van der Waals surface area (Å²) in [4.78, 5) is 30.2. The molecular weight excluding hydrogens is 379 g/mol. The van der Waals surface area contributed by atoms with E-state index in [0.717, 1.165) is 5.56 Å². The second-order valence-electron chi connectivity index (χ2n) is 6.92. The number of amides is 1. The molecule has 1 atom stereocenters. The minimum Gasteiger partial charge on any atom is -0.460 e. The molecule has 0 spiro atoms. The van der Waals surface area contributed by atoms with Crippen molar-refractivity contribution < 1.29 is 28.2 Å². The van der Waals surface area contributed by atoms with E-state index >= 15 is 0 Å². The predicted octanol–water partition coefficient (Wildman–Crippen LogP) is 2.79. The van der Waals surface area contributed by atoms with Crippen LogP contribution in [0.15, 0.2) is 24.3 Å². The van der Waals surface area contributed by atoms with Gasteiger partial charge in [-0.1, -0.05) is 12.1 Å². The van der Waals surface area contributed by atoms with Crippen molar-refractivity contribution in [3.63, 3.8) is 0 Å². The zero-order chi connectivity index (χ0) is 21.0. The van der Waals surface area contributed by atoms with E-state index in [1.165, 1.54) is 19.2 Å². The van der Waals surface area contributed by atoms with E-state index in [0.29, 0.717) is 48.8 Å². The minimum absolute atomic E-state index is 0.144. The van der Waals surface area contributed by atoms with Crippen molar-refractivity contribution in [2.24, 2.45) is 0 Å². The number of nitrogens with zero attached hydrogens (tertiary/aromatic N) is 1. The Morgan fingerprint density at radius 2 is 1.97 bits per heavy atom. The van der Waals surface area contributed by atoms with Gasteiger partial charge in [0.2, 0.25) is 0 Å². The lowest BCUT2D eigenvalue weighted by Gasteiger charge is -2.33. The topological polar surface area (TPSA) is 80.9 Å². The van der Waals surface area contributed by atoms with Gasteiger partial charge in [0, 0.05) is 19.3 Å². The molecule has 1 unspecified atom stereocenters. The summed E-state index contributed by atoms with van der Waals surface area (Å²) in [6, 6.07) is 6.07. The average molecular weight is 404 g/mol. The number of benzene rings is 1. The van der Waals surface area contributed by atoms with Crippen LogP contribution in [-0.4, -0.2) is 61.8 Å². The molecule has 2 aromatic rings. The standard InChI is InChI=1S/C21H25FN2O5/c1-13-18(21(26)29-11-10-27-3)14(2)23-19(13)20(25)24-8-9-28-17(12-24)15-4-6-16(22)7-5-15/h4-7,17,23H,8-12H2,1-3H3. The summed E-state index contributed by atoms with van der Waals surface area (Å²) >= 11 is 0. The molecular formula is C21H25FN2O5. The molecule has 0 saturated carbocycles. The number of ether oxygens (including phenoxy) is 3. The molecule has 1 saturated heterocycles. The number of esters is 1. The number of halogens is 1. The van der Waals surface area contributed by atoms with Crippen LogP contribution >= 0.6 is 0 Å². The van der Waals surface area contributed by atoms with Crippen molar-refractivity contribution >= 4 is 11.9 Å². The van der Waals surface area contributed by atoms with Crippen LogP contribution in [0.5, 0.6) is 0 Å². The fraction of sp³-hybridized carbons (Fsp3) is 0.429. The zero-order valence-corrected chi connectivity index (χ0v) is 16.8. The van der Waals surface area contributed by atoms with Crippen molar-refractivity contribution in [2.45, 2.75) is 20.0 Å². The van der Waals surface area contributed by atoms with Crippen LogP contribution < -0.4 is 0 Å². The number of rotatable bonds is 6. The predicted molar refractivity (Wildman–Crippen MR) is 103 cm³/mol. The van der Waals surface area contributed by atoms with Gasteiger partial charge in [0.05, 0.1) is 25.3 Å². The van der Waals surface area contributed by atoms with Gasteiger partial charge in [0.25, 0.3) is 5.91 Å². The second-order valence-corrected chi connectivity index (χ2v) is 6.92. The van der Waals surface area contributed by atoms with Gasteiger partial charge >= 0.3 is 5.97 Å². The van der Waals surface area contributed by atoms with Crippen LogP contribution in [0.25, 0.3) is 0 Å². The van der Waals surface area contributed by atoms with Crippen molar-refractivity contribution in [2.75, 3.05) is 40.0 Å². The maximum atomic E-state index is 13.2. The third kappa shape index (κ3) is 4.65. The minimum atomic E-state index is -0.487. The number of hydrogen-bond donors (Lipinski definition) is 1. The Hall–Kier alpha value is -2.71. The van der Waals surface area contributed by atoms with Crippen molar-refractivity contribution in [3.05, 3.63) is 58.2 Å². The summed E-state index contributed by atoms with van der Waals surface area (Å²) in [6.07, 6.45) is -0.330. The highest BCUT2D eigenvalue weighted by atomic mass is 19.1. The molecule has 3 rings (SSSR count). The maximum Gasteiger partial charge on any atom is 0.340 e. The Labute approximate surface area is 168 Å². The number of aryl methyl sites for hydroxylation is 1. The smallest absolute Gasteiger partial charge is 0.340 e. The lowest BCUT2D eigenvalue weighted by Crippen LogP contribution is -2.42. The molecule has 1 aliphatic rings. The molecule has 1 aliphatic heterocycles. The second kappa shape index (κ2) is 9.19. The van der Waals surface area contributed by atoms with Crippen molar-refractivity contribution in [1.29, 1.82) is 0 Å². The maximum absolute atomic E-state index is 13.2. The summed E-state index contributed by atoms with van der Waals surface area (Å²) in [5.41, 5.74) is 2.68. The molecule has 29 heavy (non-hydrogen) atoms. The molecule has 2 heterocycles. The molecule has 0 aliphatic carbocycles. The summed E-state index contributed by atoms with van der Waals surface area (Å²) < 4.78 is 29.0. The fourth-order valence-electron chi connectivity index (χ4n) is 3.43. The van der Waals surface area contributed by atoms with Gasteiger partial charge in [0.15, 0.2) is 0 Å². The zero-order valence-electron chi connectivity index (χ0n) is 16.8. The highest BCUT2D eigenvalue weighted by Gasteiger charge is 2.30. The average Bonchev–Trinajstić information content (AvgIpc) is 3.02. The van der Waals surface area contributed by atoms with Gasteiger partial charge in [-0.05, 0) is 37.1 Å². The normalized spacial score (nSPS) is 16.7. The number of morpholine rings is 1. The SMILES string of the molecule is COCCOC(=O)c1c(C)[nH]c(C(=O)N2CCOC(c3ccc(F)cc3)C2)c1C. The summed E-state index contributed by atoms with van der Waals surface area (Å²) in [5, 5.41) is 0. The molecule has 1 amide bonds. The van der Waals surface area contributed by atoms with Crippen molar-refractivity contribution in [3.8, 4) is 0 Å². The number of aromatic amines is 1. The number of methoxy groups -OCH3 is 1. The van der Waals surface area contributed by atoms with Crippen LogP contribution in [0.2, 0.25) is 0 Å². The molecule has 1 aromatic carbocycles. The number of H-pyrrole nitrogens is 1. The number of nitrogens with one attached hydrogen (secondary N) is 1. The van der Waals surface area contributed by atoms with E-state index in [4.69, 9.17) is 14.2 Å². The Kier molecular flexibility index (Phi) is 6.66. The fourth-order valence-corrected chi connectivity index (χ4v) is 3.43. The molecule has 1 fully saturated rings. The van der Waals surface area contributed by atoms with Crippen molar-refractivity contribution in [1.82, 2.24) is 9.88 Å². The highest BCUT2D eigenvalue weighted by Crippen LogP contribution is 2.26. The van der Waals surface area contributed by atoms with Crippen LogP contribution in [0.3, 0.4) is 0 Å². The third-order valence-electron chi connectivity index (χ3n) is 4.97. The monoisotopic (exact) mass is 404 g/mol. The van der Waals surface area contributed by atoms with Gasteiger partial charge in [0.1, 0.15) is 24.2 Å². The van der Waals surface area contributed by atoms with Gasteiger partial charge in [-0.15, -0.1) is 0 Å². The Morgan fingerprint density at radius 3 is 2.66 bits per heavy atom. The van der Waals surface area contributed by atoms with Crippen LogP contribution in [0.4, 0.5) is 4.39 Å². The van der Waals surface area contributed by atoms with Gasteiger partial charge in [-0.25, -0.2) is 9.18 Å². The van der Waals surface area contributed by atoms with Crippen LogP contribution in [0.1, 0.15) is 43.8 Å². The van der Waals surface area contributed by atoms with E-state index in [2.05, 4.69) is 4.98 Å².